The summed E-state index contributed by atoms with van der Waals surface area (Å²) < 4.78 is 40.4. The van der Waals surface area contributed by atoms with E-state index < -0.39 is 11.6 Å². The average molecular weight is 521 g/mol. The predicted octanol–water partition coefficient (Wildman–Crippen LogP) is 5.83. The Morgan fingerprint density at radius 3 is 2.05 bits per heavy atom. The fourth-order valence-corrected chi connectivity index (χ4v) is 4.34. The Hall–Kier alpha value is -3.56. The van der Waals surface area contributed by atoms with Gasteiger partial charge in [0.05, 0.1) is 17.4 Å². The van der Waals surface area contributed by atoms with Crippen LogP contribution in [0.2, 0.25) is 0 Å². The molecule has 0 radical (unpaired) electrons. The maximum absolute atomic E-state index is 15.1. The van der Waals surface area contributed by atoms with E-state index in [1.54, 1.807) is 12.3 Å². The number of hydrogen-bond acceptors (Lipinski definition) is 4. The first-order chi connectivity index (χ1) is 17.9. The number of fused-ring (bicyclic) bond motifs is 1. The van der Waals surface area contributed by atoms with Crippen molar-refractivity contribution in [1.29, 1.82) is 0 Å². The Labute approximate surface area is 215 Å². The van der Waals surface area contributed by atoms with Gasteiger partial charge in [-0.3, -0.25) is 9.59 Å². The zero-order valence-corrected chi connectivity index (χ0v) is 21.3. The van der Waals surface area contributed by atoms with Crippen LogP contribution >= 0.6 is 0 Å². The van der Waals surface area contributed by atoms with E-state index >= 15 is 4.39 Å². The number of anilines is 1. The van der Waals surface area contributed by atoms with Gasteiger partial charge in [0.2, 0.25) is 0 Å². The molecular weight excluding hydrogens is 485 g/mol. The lowest BCUT2D eigenvalue weighted by Crippen LogP contribution is -2.36. The van der Waals surface area contributed by atoms with E-state index in [1.165, 1.54) is 17.1 Å². The zero-order chi connectivity index (χ0) is 27.2. The van der Waals surface area contributed by atoms with Crippen LogP contribution < -0.4 is 10.2 Å². The molecule has 1 aliphatic heterocycles. The third-order valence-corrected chi connectivity index (χ3v) is 6.04. The second kappa shape index (κ2) is 15.5. The van der Waals surface area contributed by atoms with Gasteiger partial charge in [-0.1, -0.05) is 33.1 Å². The molecule has 2 aromatic heterocycles. The molecule has 0 spiro atoms. The number of aromatic nitrogens is 2. The third-order valence-electron chi connectivity index (χ3n) is 6.04. The highest BCUT2D eigenvalue weighted by molar-refractivity contribution is 6.01. The van der Waals surface area contributed by atoms with E-state index in [4.69, 9.17) is 9.90 Å². The van der Waals surface area contributed by atoms with Gasteiger partial charge in [0.15, 0.2) is 5.82 Å². The number of carbonyl (C=O) groups excluding carboxylic acids is 1. The molecule has 37 heavy (non-hydrogen) atoms. The largest absolute Gasteiger partial charge is 0.483 e. The molecule has 1 saturated carbocycles. The van der Waals surface area contributed by atoms with Gasteiger partial charge in [-0.15, -0.1) is 0 Å². The summed E-state index contributed by atoms with van der Waals surface area (Å²) >= 11 is 0. The van der Waals surface area contributed by atoms with Crippen molar-refractivity contribution in [2.75, 3.05) is 18.0 Å². The lowest BCUT2D eigenvalue weighted by molar-refractivity contribution is -0.122. The summed E-state index contributed by atoms with van der Waals surface area (Å²) in [5.41, 5.74) is 1.19. The molecule has 1 aromatic carbocycles. The van der Waals surface area contributed by atoms with Crippen LogP contribution in [0.3, 0.4) is 0 Å². The first-order valence-corrected chi connectivity index (χ1v) is 12.6. The Balaban J connectivity index is 0.000000309. The van der Waals surface area contributed by atoms with Crippen molar-refractivity contribution in [1.82, 2.24) is 14.9 Å². The second-order valence-electron chi connectivity index (χ2n) is 8.41. The number of rotatable bonds is 3. The molecule has 10 heteroatoms. The standard InChI is InChI=1S/C18H23FN4O.C6H4F2.C2H6.CH2O2/c19-16-15(22-9-4-5-10-22)8-11-23-17(16)14(12-20-23)18(24)21-13-6-2-1-3-7-13;7-5-1-2-6(8)4-3-5;1-2;2-1-3/h8,11-13H,1-7,9-10H2,(H,21,24);1-4H;1-2H3;1H,(H,2,3). The Morgan fingerprint density at radius 1 is 0.973 bits per heavy atom. The molecule has 2 aliphatic rings. The molecule has 2 fully saturated rings. The van der Waals surface area contributed by atoms with Gasteiger partial charge in [0.1, 0.15) is 17.2 Å². The summed E-state index contributed by atoms with van der Waals surface area (Å²) in [6, 6.07) is 6.27. The highest BCUT2D eigenvalue weighted by Gasteiger charge is 2.24. The number of carboxylic acid groups (broad SMARTS) is 1. The highest BCUT2D eigenvalue weighted by Crippen LogP contribution is 2.28. The van der Waals surface area contributed by atoms with E-state index in [1.807, 2.05) is 18.7 Å². The first kappa shape index (κ1) is 29.7. The summed E-state index contributed by atoms with van der Waals surface area (Å²) in [5.74, 6) is -1.38. The number of pyridine rings is 1. The van der Waals surface area contributed by atoms with E-state index in [0.29, 0.717) is 11.3 Å². The van der Waals surface area contributed by atoms with Crippen LogP contribution in [-0.2, 0) is 4.79 Å². The number of nitrogens with one attached hydrogen (secondary N) is 1. The zero-order valence-electron chi connectivity index (χ0n) is 21.3. The minimum Gasteiger partial charge on any atom is -0.483 e. The molecule has 202 valence electrons. The van der Waals surface area contributed by atoms with Gasteiger partial charge in [0.25, 0.3) is 12.4 Å². The molecule has 2 N–H and O–H groups in total. The molecule has 0 bridgehead atoms. The van der Waals surface area contributed by atoms with Crippen LogP contribution in [0.1, 0.15) is 69.2 Å². The van der Waals surface area contributed by atoms with Gasteiger partial charge < -0.3 is 15.3 Å². The number of halogens is 3. The van der Waals surface area contributed by atoms with Crippen molar-refractivity contribution in [2.24, 2.45) is 0 Å². The van der Waals surface area contributed by atoms with E-state index in [0.717, 1.165) is 75.9 Å². The van der Waals surface area contributed by atoms with Crippen LogP contribution in [-0.4, -0.2) is 46.2 Å². The van der Waals surface area contributed by atoms with E-state index in [-0.39, 0.29) is 29.8 Å². The number of carbonyl (C=O) groups is 2. The molecule has 1 amide bonds. The number of amides is 1. The number of nitrogens with zero attached hydrogens (tertiary/aromatic N) is 3. The maximum atomic E-state index is 15.1. The summed E-state index contributed by atoms with van der Waals surface area (Å²) in [4.78, 5) is 23.0. The van der Waals surface area contributed by atoms with Gasteiger partial charge >= 0.3 is 0 Å². The monoisotopic (exact) mass is 520 g/mol. The van der Waals surface area contributed by atoms with Crippen LogP contribution in [0.5, 0.6) is 0 Å². The molecule has 1 aliphatic carbocycles. The molecule has 1 saturated heterocycles. The van der Waals surface area contributed by atoms with Crippen molar-refractivity contribution >= 4 is 23.6 Å². The Morgan fingerprint density at radius 2 is 1.51 bits per heavy atom. The highest BCUT2D eigenvalue weighted by atomic mass is 19.1. The van der Waals surface area contributed by atoms with Crippen molar-refractivity contribution in [3.8, 4) is 0 Å². The van der Waals surface area contributed by atoms with Crippen LogP contribution in [0.15, 0.2) is 42.7 Å². The molecule has 5 rings (SSSR count). The molecule has 0 unspecified atom stereocenters. The van der Waals surface area contributed by atoms with Crippen LogP contribution in [0, 0.1) is 17.5 Å². The van der Waals surface area contributed by atoms with E-state index in [2.05, 4.69) is 10.4 Å². The fourth-order valence-electron chi connectivity index (χ4n) is 4.34. The molecule has 0 atom stereocenters. The number of hydrogen-bond donors (Lipinski definition) is 2. The van der Waals surface area contributed by atoms with Gasteiger partial charge in [-0.25, -0.2) is 17.7 Å². The Kier molecular flexibility index (Phi) is 12.5. The predicted molar refractivity (Wildman–Crippen MR) is 137 cm³/mol. The first-order valence-electron chi connectivity index (χ1n) is 12.6. The van der Waals surface area contributed by atoms with Crippen molar-refractivity contribution < 1.29 is 27.9 Å². The van der Waals surface area contributed by atoms with Gasteiger partial charge in [0, 0.05) is 25.3 Å². The summed E-state index contributed by atoms with van der Waals surface area (Å²) in [5, 5.41) is 14.1. The smallest absolute Gasteiger partial charge is 0.290 e. The summed E-state index contributed by atoms with van der Waals surface area (Å²) in [7, 11) is 0. The lowest BCUT2D eigenvalue weighted by atomic mass is 9.95. The molecular formula is C27H35F3N4O3. The topological polar surface area (TPSA) is 86.9 Å². The normalized spacial score (nSPS) is 14.9. The minimum atomic E-state index is -0.411. The quantitative estimate of drug-likeness (QED) is 0.425. The molecule has 3 aromatic rings. The van der Waals surface area contributed by atoms with Crippen LogP contribution in [0.25, 0.3) is 5.52 Å². The van der Waals surface area contributed by atoms with Gasteiger partial charge in [-0.2, -0.15) is 5.10 Å². The van der Waals surface area contributed by atoms with Crippen molar-refractivity contribution in [3.05, 3.63) is 65.7 Å². The third kappa shape index (κ3) is 8.51. The molecule has 3 heterocycles. The van der Waals surface area contributed by atoms with Crippen molar-refractivity contribution in [2.45, 2.75) is 64.8 Å². The number of benzene rings is 1. The summed E-state index contributed by atoms with van der Waals surface area (Å²) in [6.45, 7) is 5.48. The molecule has 7 nitrogen and oxygen atoms in total. The van der Waals surface area contributed by atoms with Gasteiger partial charge in [-0.05, 0) is 56.0 Å². The summed E-state index contributed by atoms with van der Waals surface area (Å²) in [6.07, 6.45) is 10.9. The SMILES string of the molecule is CC.Fc1ccc(F)cc1.O=C(NC1CCCCC1)c1cnn2ccc(N3CCCC3)c(F)c12.O=CO. The lowest BCUT2D eigenvalue weighted by Gasteiger charge is -2.22. The minimum absolute atomic E-state index is 0.200. The maximum Gasteiger partial charge on any atom is 0.290 e. The van der Waals surface area contributed by atoms with Crippen LogP contribution in [0.4, 0.5) is 18.9 Å². The average Bonchev–Trinajstić information content (AvgIpc) is 3.60. The Bertz CT molecular complexity index is 1090. The second-order valence-corrected chi connectivity index (χ2v) is 8.41. The van der Waals surface area contributed by atoms with E-state index in [9.17, 15) is 13.6 Å². The van der Waals surface area contributed by atoms with Crippen molar-refractivity contribution in [3.63, 3.8) is 0 Å². The fraction of sp³-hybridized carbons (Fsp3) is 0.444.